The number of ether oxygens (including phenoxy) is 3. The molecule has 1 aliphatic heterocycles. The lowest BCUT2D eigenvalue weighted by Crippen LogP contribution is -2.38. The smallest absolute Gasteiger partial charge is 0.337 e. The van der Waals surface area contributed by atoms with Crippen molar-refractivity contribution >= 4 is 34.9 Å². The van der Waals surface area contributed by atoms with Crippen molar-refractivity contribution in [2.45, 2.75) is 13.8 Å². The summed E-state index contributed by atoms with van der Waals surface area (Å²) in [5.74, 6) is 1.18. The number of urea groups is 1. The molecule has 0 saturated carbocycles. The average Bonchev–Trinajstić information content (AvgIpc) is 2.96. The number of morpholine rings is 1. The van der Waals surface area contributed by atoms with Crippen LogP contribution in [-0.2, 0) is 4.74 Å². The van der Waals surface area contributed by atoms with E-state index in [9.17, 15) is 9.59 Å². The molecule has 12 heteroatoms. The van der Waals surface area contributed by atoms with Crippen molar-refractivity contribution in [3.8, 4) is 17.2 Å². The average molecular weight is 569 g/mol. The van der Waals surface area contributed by atoms with Crippen LogP contribution in [0, 0.1) is 13.8 Å². The van der Waals surface area contributed by atoms with E-state index in [-0.39, 0.29) is 11.6 Å². The van der Waals surface area contributed by atoms with Crippen LogP contribution in [0.5, 0.6) is 17.2 Å². The highest BCUT2D eigenvalue weighted by Gasteiger charge is 2.15. The van der Waals surface area contributed by atoms with Gasteiger partial charge < -0.3 is 24.8 Å². The van der Waals surface area contributed by atoms with E-state index in [0.29, 0.717) is 53.5 Å². The van der Waals surface area contributed by atoms with Gasteiger partial charge in [0, 0.05) is 55.6 Å². The summed E-state index contributed by atoms with van der Waals surface area (Å²) in [6.07, 6.45) is 1.50. The number of hydrogen-bond donors (Lipinski definition) is 4. The van der Waals surface area contributed by atoms with Crippen LogP contribution >= 0.6 is 11.6 Å². The van der Waals surface area contributed by atoms with E-state index in [1.165, 1.54) is 13.2 Å². The Morgan fingerprint density at radius 1 is 1.07 bits per heavy atom. The van der Waals surface area contributed by atoms with Gasteiger partial charge in [0.2, 0.25) is 0 Å². The number of halogens is 1. The molecule has 4 rings (SSSR count). The Labute approximate surface area is 238 Å². The monoisotopic (exact) mass is 568 g/mol. The molecule has 2 aromatic carbocycles. The van der Waals surface area contributed by atoms with Gasteiger partial charge in [-0.2, -0.15) is 0 Å². The van der Waals surface area contributed by atoms with Crippen molar-refractivity contribution in [1.82, 2.24) is 20.6 Å². The zero-order valence-electron chi connectivity index (χ0n) is 22.7. The van der Waals surface area contributed by atoms with Gasteiger partial charge in [-0.15, -0.1) is 0 Å². The number of hydrogen-bond acceptors (Lipinski definition) is 8. The van der Waals surface area contributed by atoms with Crippen LogP contribution in [0.15, 0.2) is 48.7 Å². The highest BCUT2D eigenvalue weighted by Crippen LogP contribution is 2.32. The number of benzene rings is 2. The zero-order valence-corrected chi connectivity index (χ0v) is 23.4. The first-order valence-corrected chi connectivity index (χ1v) is 13.2. The summed E-state index contributed by atoms with van der Waals surface area (Å²) in [5.41, 5.74) is 8.50. The lowest BCUT2D eigenvalue weighted by molar-refractivity contribution is 0.0323. The Morgan fingerprint density at radius 3 is 2.65 bits per heavy atom. The first-order chi connectivity index (χ1) is 19.3. The molecule has 40 heavy (non-hydrogen) atoms. The molecule has 1 fully saturated rings. The van der Waals surface area contributed by atoms with Crippen LogP contribution in [-0.4, -0.2) is 68.3 Å². The molecule has 1 saturated heterocycles. The molecule has 0 unspecified atom stereocenters. The van der Waals surface area contributed by atoms with Crippen LogP contribution in [0.3, 0.4) is 0 Å². The minimum atomic E-state index is -0.491. The molecule has 1 aromatic heterocycles. The second-order valence-corrected chi connectivity index (χ2v) is 9.50. The van der Waals surface area contributed by atoms with E-state index in [0.717, 1.165) is 30.8 Å². The number of carbonyl (C=O) groups is 2. The van der Waals surface area contributed by atoms with Crippen LogP contribution in [0.25, 0.3) is 0 Å². The number of nitrogens with one attached hydrogen (secondary N) is 4. The van der Waals surface area contributed by atoms with E-state index in [1.807, 2.05) is 13.8 Å². The molecule has 0 spiro atoms. The normalized spacial score (nSPS) is 13.3. The number of amides is 3. The quantitative estimate of drug-likeness (QED) is 0.266. The van der Waals surface area contributed by atoms with Crippen molar-refractivity contribution in [3.63, 3.8) is 0 Å². The molecular weight excluding hydrogens is 536 g/mol. The van der Waals surface area contributed by atoms with E-state index in [2.05, 4.69) is 31.4 Å². The van der Waals surface area contributed by atoms with Gasteiger partial charge >= 0.3 is 6.03 Å². The van der Waals surface area contributed by atoms with Gasteiger partial charge in [0.15, 0.2) is 0 Å². The van der Waals surface area contributed by atoms with Gasteiger partial charge in [0.1, 0.15) is 29.5 Å². The molecular formula is C28H33ClN6O5. The van der Waals surface area contributed by atoms with Gasteiger partial charge in [-0.25, -0.2) is 4.79 Å². The third-order valence-corrected chi connectivity index (χ3v) is 6.70. The number of anilines is 2. The Balaban J connectivity index is 1.37. The van der Waals surface area contributed by atoms with Gasteiger partial charge in [-0.05, 0) is 43.7 Å². The number of aryl methyl sites for hydroxylation is 1. The Bertz CT molecular complexity index is 1350. The van der Waals surface area contributed by atoms with E-state index in [1.54, 1.807) is 42.5 Å². The molecule has 2 heterocycles. The molecule has 11 nitrogen and oxygen atoms in total. The van der Waals surface area contributed by atoms with Crippen molar-refractivity contribution in [1.29, 1.82) is 0 Å². The molecule has 3 amide bonds. The molecule has 0 bridgehead atoms. The van der Waals surface area contributed by atoms with Crippen molar-refractivity contribution < 1.29 is 23.8 Å². The third kappa shape index (κ3) is 7.75. The number of hydrazine groups is 1. The summed E-state index contributed by atoms with van der Waals surface area (Å²) in [6.45, 7) is 8.05. The number of pyridine rings is 1. The first kappa shape index (κ1) is 28.9. The molecule has 3 aromatic rings. The van der Waals surface area contributed by atoms with Gasteiger partial charge in [-0.3, -0.25) is 25.5 Å². The molecule has 0 atom stereocenters. The summed E-state index contributed by atoms with van der Waals surface area (Å²) >= 11 is 6.33. The first-order valence-electron chi connectivity index (χ1n) is 12.9. The summed E-state index contributed by atoms with van der Waals surface area (Å²) in [7, 11) is 1.54. The largest absolute Gasteiger partial charge is 0.490 e. The van der Waals surface area contributed by atoms with Gasteiger partial charge in [-0.1, -0.05) is 17.7 Å². The summed E-state index contributed by atoms with van der Waals surface area (Å²) in [4.78, 5) is 31.0. The lowest BCUT2D eigenvalue weighted by Gasteiger charge is -2.26. The van der Waals surface area contributed by atoms with Crippen LogP contribution in [0.2, 0.25) is 5.02 Å². The maximum atomic E-state index is 12.8. The summed E-state index contributed by atoms with van der Waals surface area (Å²) < 4.78 is 17.4. The molecule has 0 radical (unpaired) electrons. The second-order valence-electron chi connectivity index (χ2n) is 9.09. The number of nitrogens with zero attached hydrogens (tertiary/aromatic N) is 2. The summed E-state index contributed by atoms with van der Waals surface area (Å²) in [6, 6.07) is 11.6. The lowest BCUT2D eigenvalue weighted by atomic mass is 10.2. The maximum Gasteiger partial charge on any atom is 0.337 e. The summed E-state index contributed by atoms with van der Waals surface area (Å²) in [5, 5.41) is 5.91. The minimum absolute atomic E-state index is 0.243. The van der Waals surface area contributed by atoms with Gasteiger partial charge in [0.25, 0.3) is 5.91 Å². The fourth-order valence-electron chi connectivity index (χ4n) is 3.98. The fourth-order valence-corrected chi connectivity index (χ4v) is 4.14. The van der Waals surface area contributed by atoms with E-state index in [4.69, 9.17) is 25.8 Å². The van der Waals surface area contributed by atoms with Gasteiger partial charge in [0.05, 0.1) is 24.6 Å². The predicted molar refractivity (Wildman–Crippen MR) is 154 cm³/mol. The fraction of sp³-hybridized carbons (Fsp3) is 0.321. The van der Waals surface area contributed by atoms with Crippen LogP contribution < -0.4 is 31.0 Å². The van der Waals surface area contributed by atoms with E-state index >= 15 is 0 Å². The predicted octanol–water partition coefficient (Wildman–Crippen LogP) is 4.36. The van der Waals surface area contributed by atoms with Crippen molar-refractivity contribution in [3.05, 3.63) is 70.5 Å². The standard InChI is InChI=1S/C28H33ClN6O5/c1-18-15-23(26(17-21(18)29)39-14-11-35-9-12-38-13-10-35)32-28(37)34-33-22-5-4-6-25(19(22)2)40-20-7-8-31-24(16-20)27(36)30-3/h4-8,15-17,33H,9-14H2,1-3H3,(H,30,36)(H2,32,34,37). The van der Waals surface area contributed by atoms with Crippen LogP contribution in [0.1, 0.15) is 21.6 Å². The maximum absolute atomic E-state index is 12.8. The molecule has 0 aliphatic carbocycles. The molecule has 212 valence electrons. The molecule has 1 aliphatic rings. The number of aromatic nitrogens is 1. The number of carbonyl (C=O) groups excluding carboxylic acids is 2. The SMILES string of the molecule is CNC(=O)c1cc(Oc2cccc(NNC(=O)Nc3cc(C)c(Cl)cc3OCCN3CCOCC3)c2C)ccn1. The second kappa shape index (κ2) is 13.8. The van der Waals surface area contributed by atoms with Crippen molar-refractivity contribution in [2.24, 2.45) is 0 Å². The highest BCUT2D eigenvalue weighted by atomic mass is 35.5. The Kier molecular flexibility index (Phi) is 10.0. The third-order valence-electron chi connectivity index (χ3n) is 6.29. The topological polar surface area (TPSA) is 126 Å². The highest BCUT2D eigenvalue weighted by molar-refractivity contribution is 6.31. The number of rotatable bonds is 10. The zero-order chi connectivity index (χ0) is 28.5. The van der Waals surface area contributed by atoms with Crippen molar-refractivity contribution in [2.75, 3.05) is 57.2 Å². The Hall–Kier alpha value is -4.06. The van der Waals surface area contributed by atoms with E-state index < -0.39 is 6.03 Å². The molecule has 4 N–H and O–H groups in total. The van der Waals surface area contributed by atoms with Crippen LogP contribution in [0.4, 0.5) is 16.2 Å². The Morgan fingerprint density at radius 2 is 1.88 bits per heavy atom. The minimum Gasteiger partial charge on any atom is -0.490 e.